The molecule has 1 aromatic carbocycles. The number of aromatic nitrogens is 2. The molecule has 2 heterocycles. The molecule has 1 unspecified atom stereocenters. The van der Waals surface area contributed by atoms with Crippen LogP contribution < -0.4 is 0 Å². The minimum Gasteiger partial charge on any atom is -0.472 e. The van der Waals surface area contributed by atoms with Gasteiger partial charge in [0.15, 0.2) is 0 Å². The first-order chi connectivity index (χ1) is 8.75. The fourth-order valence-electron chi connectivity index (χ4n) is 2.13. The minimum absolute atomic E-state index is 0.477. The van der Waals surface area contributed by atoms with Crippen LogP contribution >= 0.6 is 0 Å². The predicted octanol–water partition coefficient (Wildman–Crippen LogP) is 2.44. The van der Waals surface area contributed by atoms with Crippen molar-refractivity contribution in [3.63, 3.8) is 0 Å². The van der Waals surface area contributed by atoms with Crippen molar-refractivity contribution in [3.05, 3.63) is 54.2 Å². The topological polar surface area (TPSA) is 51.2 Å². The van der Waals surface area contributed by atoms with Gasteiger partial charge < -0.3 is 14.1 Å². The third-order valence-electron chi connectivity index (χ3n) is 3.18. The summed E-state index contributed by atoms with van der Waals surface area (Å²) in [5.41, 5.74) is 2.81. The van der Waals surface area contributed by atoms with Crippen molar-refractivity contribution in [2.45, 2.75) is 12.5 Å². The lowest BCUT2D eigenvalue weighted by Crippen LogP contribution is -2.06. The number of hydrogen-bond donors (Lipinski definition) is 1. The normalized spacial score (nSPS) is 13.0. The summed E-state index contributed by atoms with van der Waals surface area (Å²) in [6.07, 6.45) is 3.02. The number of rotatable bonds is 3. The van der Waals surface area contributed by atoms with Crippen molar-refractivity contribution in [1.82, 2.24) is 9.55 Å². The number of hydrogen-bond acceptors (Lipinski definition) is 3. The second kappa shape index (κ2) is 4.31. The van der Waals surface area contributed by atoms with E-state index in [1.54, 1.807) is 18.6 Å². The molecule has 0 aliphatic heterocycles. The number of imidazole rings is 1. The van der Waals surface area contributed by atoms with Crippen LogP contribution in [0, 0.1) is 0 Å². The zero-order valence-electron chi connectivity index (χ0n) is 10.1. The molecule has 0 amide bonds. The fourth-order valence-corrected chi connectivity index (χ4v) is 2.13. The molecule has 0 aliphatic rings. The smallest absolute Gasteiger partial charge is 0.112 e. The Morgan fingerprint density at radius 3 is 2.89 bits per heavy atom. The summed E-state index contributed by atoms with van der Waals surface area (Å²) in [7, 11) is 1.97. The van der Waals surface area contributed by atoms with Crippen molar-refractivity contribution < 1.29 is 9.52 Å². The van der Waals surface area contributed by atoms with Crippen LogP contribution in [-0.2, 0) is 13.5 Å². The summed E-state index contributed by atoms with van der Waals surface area (Å²) in [6.45, 7) is 0. The fraction of sp³-hybridized carbons (Fsp3) is 0.214. The Morgan fingerprint density at radius 2 is 2.17 bits per heavy atom. The van der Waals surface area contributed by atoms with Gasteiger partial charge in [0.05, 0.1) is 29.7 Å². The highest BCUT2D eigenvalue weighted by molar-refractivity contribution is 5.75. The molecule has 2 aromatic heterocycles. The van der Waals surface area contributed by atoms with Crippen LogP contribution in [0.4, 0.5) is 0 Å². The van der Waals surface area contributed by atoms with Crippen molar-refractivity contribution >= 4 is 11.0 Å². The van der Waals surface area contributed by atoms with Crippen LogP contribution in [0.5, 0.6) is 0 Å². The Hall–Kier alpha value is -2.07. The minimum atomic E-state index is -0.584. The van der Waals surface area contributed by atoms with E-state index in [4.69, 9.17) is 4.42 Å². The molecule has 0 aliphatic carbocycles. The van der Waals surface area contributed by atoms with Gasteiger partial charge in [-0.3, -0.25) is 0 Å². The van der Waals surface area contributed by atoms with Gasteiger partial charge in [0.25, 0.3) is 0 Å². The van der Waals surface area contributed by atoms with Gasteiger partial charge >= 0.3 is 0 Å². The quantitative estimate of drug-likeness (QED) is 0.767. The molecule has 0 fully saturated rings. The first kappa shape index (κ1) is 11.0. The first-order valence-corrected chi connectivity index (χ1v) is 5.86. The molecular formula is C14H14N2O2. The zero-order valence-corrected chi connectivity index (χ0v) is 10.1. The number of furan rings is 1. The number of aryl methyl sites for hydroxylation is 1. The van der Waals surface area contributed by atoms with Gasteiger partial charge in [-0.1, -0.05) is 12.1 Å². The molecule has 3 aromatic rings. The standard InChI is InChI=1S/C14H14N2O2/c1-16-12-5-3-2-4-11(12)15-14(16)8-13(17)10-6-7-18-9-10/h2-7,9,13,17H,8H2,1H3. The van der Waals surface area contributed by atoms with Gasteiger partial charge in [0.2, 0.25) is 0 Å². The van der Waals surface area contributed by atoms with E-state index in [2.05, 4.69) is 4.98 Å². The van der Waals surface area contributed by atoms with Gasteiger partial charge in [-0.25, -0.2) is 4.98 Å². The van der Waals surface area contributed by atoms with E-state index in [1.165, 1.54) is 0 Å². The highest BCUT2D eigenvalue weighted by atomic mass is 16.3. The van der Waals surface area contributed by atoms with Crippen LogP contribution in [0.1, 0.15) is 17.5 Å². The third kappa shape index (κ3) is 1.80. The molecule has 92 valence electrons. The number of benzene rings is 1. The van der Waals surface area contributed by atoms with Crippen molar-refractivity contribution in [3.8, 4) is 0 Å². The maximum atomic E-state index is 10.1. The molecule has 1 N–H and O–H groups in total. The van der Waals surface area contributed by atoms with E-state index < -0.39 is 6.10 Å². The van der Waals surface area contributed by atoms with Crippen LogP contribution in [-0.4, -0.2) is 14.7 Å². The van der Waals surface area contributed by atoms with Crippen LogP contribution in [0.15, 0.2) is 47.3 Å². The molecule has 0 saturated heterocycles. The zero-order chi connectivity index (χ0) is 12.5. The van der Waals surface area contributed by atoms with Crippen LogP contribution in [0.25, 0.3) is 11.0 Å². The third-order valence-corrected chi connectivity index (χ3v) is 3.18. The van der Waals surface area contributed by atoms with Crippen LogP contribution in [0.2, 0.25) is 0 Å². The molecule has 4 nitrogen and oxygen atoms in total. The lowest BCUT2D eigenvalue weighted by molar-refractivity contribution is 0.174. The van der Waals surface area contributed by atoms with E-state index in [0.29, 0.717) is 6.42 Å². The summed E-state index contributed by atoms with van der Waals surface area (Å²) in [5, 5.41) is 10.1. The maximum Gasteiger partial charge on any atom is 0.112 e. The Bertz CT molecular complexity index is 656. The van der Waals surface area contributed by atoms with E-state index in [1.807, 2.05) is 35.9 Å². The number of para-hydroxylation sites is 2. The summed E-state index contributed by atoms with van der Waals surface area (Å²) in [5.74, 6) is 0.866. The van der Waals surface area contributed by atoms with Gasteiger partial charge in [0, 0.05) is 19.0 Å². The van der Waals surface area contributed by atoms with E-state index in [-0.39, 0.29) is 0 Å². The monoisotopic (exact) mass is 242 g/mol. The van der Waals surface area contributed by atoms with Gasteiger partial charge in [-0.2, -0.15) is 0 Å². The van der Waals surface area contributed by atoms with Gasteiger partial charge in [-0.05, 0) is 18.2 Å². The Balaban J connectivity index is 1.93. The van der Waals surface area contributed by atoms with Crippen molar-refractivity contribution in [2.75, 3.05) is 0 Å². The lowest BCUT2D eigenvalue weighted by atomic mass is 10.1. The van der Waals surface area contributed by atoms with Crippen molar-refractivity contribution in [2.24, 2.45) is 7.05 Å². The molecule has 0 saturated carbocycles. The molecule has 1 atom stereocenters. The van der Waals surface area contributed by atoms with E-state index >= 15 is 0 Å². The number of fused-ring (bicyclic) bond motifs is 1. The van der Waals surface area contributed by atoms with Crippen molar-refractivity contribution in [1.29, 1.82) is 0 Å². The molecule has 3 rings (SSSR count). The molecule has 0 spiro atoms. The number of aliphatic hydroxyl groups is 1. The van der Waals surface area contributed by atoms with Gasteiger partial charge in [0.1, 0.15) is 5.82 Å². The van der Waals surface area contributed by atoms with E-state index in [9.17, 15) is 5.11 Å². The predicted molar refractivity (Wildman–Crippen MR) is 68.1 cm³/mol. The molecule has 4 heteroatoms. The largest absolute Gasteiger partial charge is 0.472 e. The average molecular weight is 242 g/mol. The first-order valence-electron chi connectivity index (χ1n) is 5.86. The lowest BCUT2D eigenvalue weighted by Gasteiger charge is -2.08. The Morgan fingerprint density at radius 1 is 1.33 bits per heavy atom. The number of nitrogens with zero attached hydrogens (tertiary/aromatic N) is 2. The molecular weight excluding hydrogens is 228 g/mol. The summed E-state index contributed by atoms with van der Waals surface area (Å²) >= 11 is 0. The van der Waals surface area contributed by atoms with Gasteiger partial charge in [-0.15, -0.1) is 0 Å². The molecule has 0 radical (unpaired) electrons. The van der Waals surface area contributed by atoms with E-state index in [0.717, 1.165) is 22.4 Å². The summed E-state index contributed by atoms with van der Waals surface area (Å²) in [6, 6.07) is 9.72. The molecule has 0 bridgehead atoms. The second-order valence-electron chi connectivity index (χ2n) is 4.35. The Labute approximate surface area is 104 Å². The SMILES string of the molecule is Cn1c(CC(O)c2ccoc2)nc2ccccc21. The number of aliphatic hydroxyl groups excluding tert-OH is 1. The Kier molecular flexibility index (Phi) is 2.64. The summed E-state index contributed by atoms with van der Waals surface area (Å²) in [4.78, 5) is 4.53. The average Bonchev–Trinajstić information content (AvgIpc) is 3.00. The second-order valence-corrected chi connectivity index (χ2v) is 4.35. The molecule has 18 heavy (non-hydrogen) atoms. The highest BCUT2D eigenvalue weighted by Crippen LogP contribution is 2.21. The van der Waals surface area contributed by atoms with Crippen LogP contribution in [0.3, 0.4) is 0 Å². The summed E-state index contributed by atoms with van der Waals surface area (Å²) < 4.78 is 6.99. The highest BCUT2D eigenvalue weighted by Gasteiger charge is 2.14. The maximum absolute atomic E-state index is 10.1.